The quantitative estimate of drug-likeness (QED) is 0.706. The summed E-state index contributed by atoms with van der Waals surface area (Å²) in [5.74, 6) is 0.747. The number of benzene rings is 2. The highest BCUT2D eigenvalue weighted by atomic mass is 79.9. The molecule has 120 valence electrons. The lowest BCUT2D eigenvalue weighted by atomic mass is 9.90. The van der Waals surface area contributed by atoms with Crippen LogP contribution in [0.25, 0.3) is 5.69 Å². The van der Waals surface area contributed by atoms with E-state index in [9.17, 15) is 9.90 Å². The van der Waals surface area contributed by atoms with Gasteiger partial charge < -0.3 is 10.4 Å². The molecule has 0 unspecified atom stereocenters. The first-order valence-electron chi connectivity index (χ1n) is 7.54. The molecule has 1 aliphatic rings. The van der Waals surface area contributed by atoms with Gasteiger partial charge in [-0.1, -0.05) is 28.1 Å². The van der Waals surface area contributed by atoms with Crippen LogP contribution in [0.5, 0.6) is 5.75 Å². The van der Waals surface area contributed by atoms with Crippen LogP contribution < -0.4 is 5.32 Å². The van der Waals surface area contributed by atoms with E-state index in [-0.39, 0.29) is 17.6 Å². The number of nitrogens with zero attached hydrogens (tertiary/aromatic N) is 2. The summed E-state index contributed by atoms with van der Waals surface area (Å²) in [6, 6.07) is 14.8. The molecule has 2 N–H and O–H groups in total. The first-order chi connectivity index (χ1) is 11.6. The number of amides is 1. The van der Waals surface area contributed by atoms with Gasteiger partial charge in [0, 0.05) is 22.5 Å². The van der Waals surface area contributed by atoms with E-state index in [4.69, 9.17) is 0 Å². The molecule has 0 spiro atoms. The summed E-state index contributed by atoms with van der Waals surface area (Å²) < 4.78 is 2.87. The van der Waals surface area contributed by atoms with E-state index in [1.54, 1.807) is 18.5 Å². The van der Waals surface area contributed by atoms with Crippen molar-refractivity contribution in [2.45, 2.75) is 12.3 Å². The fourth-order valence-corrected chi connectivity index (χ4v) is 3.25. The fourth-order valence-electron chi connectivity index (χ4n) is 2.99. The minimum Gasteiger partial charge on any atom is -0.508 e. The monoisotopic (exact) mass is 383 g/mol. The van der Waals surface area contributed by atoms with Gasteiger partial charge >= 0.3 is 0 Å². The molecule has 1 aliphatic heterocycles. The number of fused-ring (bicyclic) bond motifs is 1. The molecule has 1 amide bonds. The van der Waals surface area contributed by atoms with Gasteiger partial charge in [-0.2, -0.15) is 0 Å². The highest BCUT2D eigenvalue weighted by Gasteiger charge is 2.30. The summed E-state index contributed by atoms with van der Waals surface area (Å²) in [6.45, 7) is 0. The number of imidazole rings is 1. The van der Waals surface area contributed by atoms with Gasteiger partial charge in [0.2, 0.25) is 5.91 Å². The molecule has 0 saturated heterocycles. The second kappa shape index (κ2) is 5.79. The Labute approximate surface area is 147 Å². The van der Waals surface area contributed by atoms with E-state index >= 15 is 0 Å². The largest absolute Gasteiger partial charge is 0.508 e. The highest BCUT2D eigenvalue weighted by molar-refractivity contribution is 9.10. The molecule has 24 heavy (non-hydrogen) atoms. The van der Waals surface area contributed by atoms with Crippen molar-refractivity contribution in [1.82, 2.24) is 9.55 Å². The minimum atomic E-state index is -0.119. The molecule has 0 bridgehead atoms. The third-order valence-corrected chi connectivity index (χ3v) is 4.70. The second-order valence-electron chi connectivity index (χ2n) is 5.72. The number of nitrogens with one attached hydrogen (secondary N) is 1. The number of anilines is 1. The molecule has 2 aromatic carbocycles. The Morgan fingerprint density at radius 3 is 2.54 bits per heavy atom. The fraction of sp³-hybridized carbons (Fsp3) is 0.111. The number of carbonyl (C=O) groups excluding carboxylic acids is 1. The Hall–Kier alpha value is -2.60. The topological polar surface area (TPSA) is 67.1 Å². The van der Waals surface area contributed by atoms with Crippen LogP contribution in [0, 0.1) is 0 Å². The molecule has 1 atom stereocenters. The molecule has 0 radical (unpaired) electrons. The van der Waals surface area contributed by atoms with Crippen molar-refractivity contribution in [3.05, 3.63) is 70.6 Å². The molecule has 3 aromatic rings. The zero-order chi connectivity index (χ0) is 16.7. The van der Waals surface area contributed by atoms with E-state index in [1.807, 2.05) is 41.0 Å². The summed E-state index contributed by atoms with van der Waals surface area (Å²) in [7, 11) is 0. The smallest absolute Gasteiger partial charge is 0.226 e. The molecule has 0 fully saturated rings. The maximum absolute atomic E-state index is 12.2. The van der Waals surface area contributed by atoms with Gasteiger partial charge in [-0.25, -0.2) is 4.98 Å². The van der Waals surface area contributed by atoms with E-state index in [1.165, 1.54) is 0 Å². The van der Waals surface area contributed by atoms with Gasteiger partial charge in [0.25, 0.3) is 0 Å². The summed E-state index contributed by atoms with van der Waals surface area (Å²) in [5.41, 5.74) is 2.73. The van der Waals surface area contributed by atoms with Gasteiger partial charge in [-0.3, -0.25) is 9.36 Å². The van der Waals surface area contributed by atoms with Crippen LogP contribution in [0.1, 0.15) is 23.6 Å². The molecular formula is C18H14BrN3O2. The van der Waals surface area contributed by atoms with Crippen molar-refractivity contribution in [2.75, 3.05) is 5.32 Å². The third kappa shape index (κ3) is 2.59. The summed E-state index contributed by atoms with van der Waals surface area (Å²) in [6.07, 6.45) is 2.07. The van der Waals surface area contributed by atoms with Crippen molar-refractivity contribution in [1.29, 1.82) is 0 Å². The van der Waals surface area contributed by atoms with E-state index in [2.05, 4.69) is 26.2 Å². The first kappa shape index (κ1) is 15.0. The Morgan fingerprint density at radius 2 is 1.83 bits per heavy atom. The predicted octanol–water partition coefficient (Wildman–Crippen LogP) is 3.81. The number of phenols is 1. The van der Waals surface area contributed by atoms with E-state index < -0.39 is 0 Å². The maximum Gasteiger partial charge on any atom is 0.226 e. The summed E-state index contributed by atoms with van der Waals surface area (Å²) in [5, 5.41) is 12.4. The van der Waals surface area contributed by atoms with Crippen LogP contribution in [-0.4, -0.2) is 20.6 Å². The molecule has 0 aliphatic carbocycles. The second-order valence-corrected chi connectivity index (χ2v) is 6.64. The lowest BCUT2D eigenvalue weighted by Gasteiger charge is -2.23. The van der Waals surface area contributed by atoms with Crippen LogP contribution in [0.3, 0.4) is 0 Å². The zero-order valence-electron chi connectivity index (χ0n) is 12.6. The van der Waals surface area contributed by atoms with Crippen molar-refractivity contribution in [3.8, 4) is 11.4 Å². The Kier molecular flexibility index (Phi) is 3.61. The number of hydrogen-bond donors (Lipinski definition) is 2. The lowest BCUT2D eigenvalue weighted by molar-refractivity contribution is -0.116. The molecular weight excluding hydrogens is 370 g/mol. The Morgan fingerprint density at radius 1 is 1.12 bits per heavy atom. The van der Waals surface area contributed by atoms with Gasteiger partial charge in [-0.15, -0.1) is 0 Å². The number of halogens is 1. The van der Waals surface area contributed by atoms with Crippen LogP contribution in [0.15, 0.2) is 59.3 Å². The van der Waals surface area contributed by atoms with E-state index in [0.29, 0.717) is 12.2 Å². The van der Waals surface area contributed by atoms with Crippen LogP contribution in [-0.2, 0) is 4.79 Å². The van der Waals surface area contributed by atoms with Gasteiger partial charge in [0.15, 0.2) is 0 Å². The predicted molar refractivity (Wildman–Crippen MR) is 94.5 cm³/mol. The van der Waals surface area contributed by atoms with Crippen LogP contribution in [0.2, 0.25) is 0 Å². The highest BCUT2D eigenvalue weighted by Crippen LogP contribution is 2.37. The number of aromatic nitrogens is 2. The minimum absolute atomic E-state index is 0.0422. The number of rotatable bonds is 2. The van der Waals surface area contributed by atoms with Crippen LogP contribution in [0.4, 0.5) is 5.82 Å². The SMILES string of the molecule is O=C1C[C@@H](c2ccc(O)cc2)c2ncn(-c3ccc(Br)cc3)c2N1. The standard InChI is InChI=1S/C18H14BrN3O2/c19-12-3-5-13(6-4-12)22-10-20-17-15(9-16(24)21-18(17)22)11-1-7-14(23)8-2-11/h1-8,10,15,23H,9H2,(H,21,24)/t15-/m0/s1. The summed E-state index contributed by atoms with van der Waals surface area (Å²) in [4.78, 5) is 16.7. The molecule has 4 rings (SSSR count). The first-order valence-corrected chi connectivity index (χ1v) is 8.33. The average Bonchev–Trinajstić information content (AvgIpc) is 2.99. The molecule has 6 heteroatoms. The van der Waals surface area contributed by atoms with Crippen molar-refractivity contribution in [2.24, 2.45) is 0 Å². The summed E-state index contributed by atoms with van der Waals surface area (Å²) >= 11 is 3.42. The third-order valence-electron chi connectivity index (χ3n) is 4.17. The van der Waals surface area contributed by atoms with Gasteiger partial charge in [0.05, 0.1) is 5.69 Å². The normalized spacial score (nSPS) is 16.5. The Balaban J connectivity index is 1.80. The number of hydrogen-bond acceptors (Lipinski definition) is 3. The lowest BCUT2D eigenvalue weighted by Crippen LogP contribution is -2.24. The van der Waals surface area contributed by atoms with Gasteiger partial charge in [-0.05, 0) is 42.0 Å². The van der Waals surface area contributed by atoms with Gasteiger partial charge in [0.1, 0.15) is 17.9 Å². The average molecular weight is 384 g/mol. The van der Waals surface area contributed by atoms with Crippen molar-refractivity contribution < 1.29 is 9.90 Å². The van der Waals surface area contributed by atoms with Crippen LogP contribution >= 0.6 is 15.9 Å². The van der Waals surface area contributed by atoms with Crippen molar-refractivity contribution in [3.63, 3.8) is 0 Å². The number of carbonyl (C=O) groups is 1. The number of aromatic hydroxyl groups is 1. The Bertz CT molecular complexity index is 901. The molecule has 0 saturated carbocycles. The molecule has 5 nitrogen and oxygen atoms in total. The number of phenolic OH excluding ortho intramolecular Hbond substituents is 1. The zero-order valence-corrected chi connectivity index (χ0v) is 14.2. The molecule has 1 aromatic heterocycles. The maximum atomic E-state index is 12.2. The molecule has 2 heterocycles. The van der Waals surface area contributed by atoms with Crippen molar-refractivity contribution >= 4 is 27.7 Å². The van der Waals surface area contributed by atoms with E-state index in [0.717, 1.165) is 21.4 Å².